The van der Waals surface area contributed by atoms with E-state index in [9.17, 15) is 5.11 Å². The Morgan fingerprint density at radius 1 is 1.43 bits per heavy atom. The molecule has 1 rings (SSSR count). The molecule has 0 aliphatic carbocycles. The summed E-state index contributed by atoms with van der Waals surface area (Å²) in [5, 5.41) is 13.4. The van der Waals surface area contributed by atoms with Gasteiger partial charge in [0.15, 0.2) is 0 Å². The fraction of sp³-hybridized carbons (Fsp3) is 0.455. The van der Waals surface area contributed by atoms with Crippen LogP contribution in [0.25, 0.3) is 0 Å². The molecule has 1 aromatic carbocycles. The highest BCUT2D eigenvalue weighted by Crippen LogP contribution is 2.23. The fourth-order valence-corrected chi connectivity index (χ4v) is 1.29. The Kier molecular flexibility index (Phi) is 3.40. The van der Waals surface area contributed by atoms with Crippen LogP contribution in [-0.2, 0) is 0 Å². The molecule has 0 spiro atoms. The predicted molar refractivity (Wildman–Crippen MR) is 61.0 cm³/mol. The van der Waals surface area contributed by atoms with Crippen LogP contribution in [0.4, 0.5) is 5.69 Å². The van der Waals surface area contributed by atoms with Crippen LogP contribution >= 0.6 is 11.6 Å². The predicted octanol–water partition coefficient (Wildman–Crippen LogP) is 2.83. The van der Waals surface area contributed by atoms with Gasteiger partial charge in [-0.05, 0) is 38.5 Å². The molecule has 0 radical (unpaired) electrons. The maximum absolute atomic E-state index is 9.54. The van der Waals surface area contributed by atoms with Gasteiger partial charge in [-0.15, -0.1) is 0 Å². The minimum absolute atomic E-state index is 0.508. The van der Waals surface area contributed by atoms with Crippen molar-refractivity contribution in [2.75, 3.05) is 11.9 Å². The molecule has 0 atom stereocenters. The van der Waals surface area contributed by atoms with Gasteiger partial charge < -0.3 is 10.4 Å². The molecular weight excluding hydrogens is 198 g/mol. The topological polar surface area (TPSA) is 32.3 Å². The first-order valence-corrected chi connectivity index (χ1v) is 4.99. The van der Waals surface area contributed by atoms with Gasteiger partial charge in [-0.25, -0.2) is 0 Å². The molecule has 0 bridgehead atoms. The lowest BCUT2D eigenvalue weighted by molar-refractivity contribution is 0.0945. The zero-order valence-corrected chi connectivity index (χ0v) is 9.52. The number of hydrogen-bond acceptors (Lipinski definition) is 2. The van der Waals surface area contributed by atoms with Crippen molar-refractivity contribution in [2.45, 2.75) is 26.4 Å². The highest BCUT2D eigenvalue weighted by atomic mass is 35.5. The zero-order valence-electron chi connectivity index (χ0n) is 8.76. The van der Waals surface area contributed by atoms with E-state index in [-0.39, 0.29) is 0 Å². The minimum atomic E-state index is -0.714. The fourth-order valence-electron chi connectivity index (χ4n) is 1.11. The summed E-state index contributed by atoms with van der Waals surface area (Å²) in [6.07, 6.45) is 0. The first kappa shape index (κ1) is 11.3. The minimum Gasteiger partial charge on any atom is -0.389 e. The average molecular weight is 214 g/mol. The second-order valence-electron chi connectivity index (χ2n) is 4.08. The second kappa shape index (κ2) is 4.20. The Labute approximate surface area is 89.9 Å². The number of nitrogens with one attached hydrogen (secondary N) is 1. The molecule has 0 heterocycles. The lowest BCUT2D eigenvalue weighted by Crippen LogP contribution is -2.29. The number of halogens is 1. The maximum atomic E-state index is 9.54. The van der Waals surface area contributed by atoms with E-state index in [1.165, 1.54) is 0 Å². The van der Waals surface area contributed by atoms with Crippen LogP contribution in [0, 0.1) is 6.92 Å². The van der Waals surface area contributed by atoms with E-state index in [0.29, 0.717) is 6.54 Å². The summed E-state index contributed by atoms with van der Waals surface area (Å²) in [4.78, 5) is 0. The van der Waals surface area contributed by atoms with E-state index in [0.717, 1.165) is 16.3 Å². The molecule has 1 aromatic rings. The van der Waals surface area contributed by atoms with Crippen molar-refractivity contribution in [1.29, 1.82) is 0 Å². The third kappa shape index (κ3) is 3.20. The largest absolute Gasteiger partial charge is 0.389 e. The molecule has 78 valence electrons. The van der Waals surface area contributed by atoms with E-state index >= 15 is 0 Å². The smallest absolute Gasteiger partial charge is 0.0763 e. The SMILES string of the molecule is Cc1c(Cl)cccc1NCC(C)(C)O. The molecule has 14 heavy (non-hydrogen) atoms. The van der Waals surface area contributed by atoms with Crippen molar-refractivity contribution >= 4 is 17.3 Å². The summed E-state index contributed by atoms with van der Waals surface area (Å²) in [5.41, 5.74) is 1.27. The van der Waals surface area contributed by atoms with Crippen LogP contribution in [0.1, 0.15) is 19.4 Å². The number of rotatable bonds is 3. The summed E-state index contributed by atoms with van der Waals surface area (Å²) >= 11 is 5.96. The van der Waals surface area contributed by atoms with Gasteiger partial charge in [0, 0.05) is 17.3 Å². The Bertz CT molecular complexity index is 318. The Hall–Kier alpha value is -0.730. The van der Waals surface area contributed by atoms with Crippen LogP contribution in [0.15, 0.2) is 18.2 Å². The molecule has 0 fully saturated rings. The molecule has 2 nitrogen and oxygen atoms in total. The normalized spacial score (nSPS) is 11.5. The maximum Gasteiger partial charge on any atom is 0.0763 e. The summed E-state index contributed by atoms with van der Waals surface area (Å²) < 4.78 is 0. The van der Waals surface area contributed by atoms with Gasteiger partial charge in [0.2, 0.25) is 0 Å². The Morgan fingerprint density at radius 2 is 2.07 bits per heavy atom. The summed E-state index contributed by atoms with van der Waals surface area (Å²) in [5.74, 6) is 0. The van der Waals surface area contributed by atoms with Gasteiger partial charge in [0.25, 0.3) is 0 Å². The first-order valence-electron chi connectivity index (χ1n) is 4.61. The highest BCUT2D eigenvalue weighted by molar-refractivity contribution is 6.31. The summed E-state index contributed by atoms with van der Waals surface area (Å²) in [7, 11) is 0. The average Bonchev–Trinajstić information content (AvgIpc) is 2.06. The Morgan fingerprint density at radius 3 is 2.64 bits per heavy atom. The van der Waals surface area contributed by atoms with Crippen molar-refractivity contribution in [2.24, 2.45) is 0 Å². The zero-order chi connectivity index (χ0) is 10.8. The van der Waals surface area contributed by atoms with Crippen molar-refractivity contribution in [3.8, 4) is 0 Å². The van der Waals surface area contributed by atoms with Gasteiger partial charge in [0.05, 0.1) is 5.60 Å². The summed E-state index contributed by atoms with van der Waals surface area (Å²) in [6.45, 7) is 5.99. The number of aliphatic hydroxyl groups is 1. The lowest BCUT2D eigenvalue weighted by Gasteiger charge is -2.19. The van der Waals surface area contributed by atoms with Gasteiger partial charge >= 0.3 is 0 Å². The van der Waals surface area contributed by atoms with Crippen LogP contribution in [0.3, 0.4) is 0 Å². The second-order valence-corrected chi connectivity index (χ2v) is 4.49. The molecule has 0 aliphatic heterocycles. The van der Waals surface area contributed by atoms with E-state index < -0.39 is 5.60 Å². The van der Waals surface area contributed by atoms with Gasteiger partial charge in [-0.2, -0.15) is 0 Å². The first-order chi connectivity index (χ1) is 6.40. The molecule has 2 N–H and O–H groups in total. The van der Waals surface area contributed by atoms with Crippen LogP contribution in [0.5, 0.6) is 0 Å². The molecule has 0 saturated heterocycles. The molecule has 0 unspecified atom stereocenters. The monoisotopic (exact) mass is 213 g/mol. The molecule has 0 saturated carbocycles. The number of benzene rings is 1. The van der Waals surface area contributed by atoms with Crippen LogP contribution in [0.2, 0.25) is 5.02 Å². The van der Waals surface area contributed by atoms with Crippen LogP contribution < -0.4 is 5.32 Å². The van der Waals surface area contributed by atoms with Gasteiger partial charge in [-0.3, -0.25) is 0 Å². The van der Waals surface area contributed by atoms with E-state index in [1.807, 2.05) is 25.1 Å². The quantitative estimate of drug-likeness (QED) is 0.810. The molecule has 3 heteroatoms. The molecule has 0 aliphatic rings. The molecular formula is C11H16ClNO. The van der Waals surface area contributed by atoms with Crippen molar-refractivity contribution in [1.82, 2.24) is 0 Å². The van der Waals surface area contributed by atoms with Gasteiger partial charge in [0.1, 0.15) is 0 Å². The molecule has 0 aromatic heterocycles. The standard InChI is InChI=1S/C11H16ClNO/c1-8-9(12)5-4-6-10(8)13-7-11(2,3)14/h4-6,13-14H,7H2,1-3H3. The third-order valence-electron chi connectivity index (χ3n) is 1.98. The summed E-state index contributed by atoms with van der Waals surface area (Å²) in [6, 6.07) is 5.70. The van der Waals surface area contributed by atoms with E-state index in [1.54, 1.807) is 13.8 Å². The van der Waals surface area contributed by atoms with E-state index in [2.05, 4.69) is 5.32 Å². The van der Waals surface area contributed by atoms with E-state index in [4.69, 9.17) is 11.6 Å². The Balaban J connectivity index is 2.73. The van der Waals surface area contributed by atoms with Gasteiger partial charge in [-0.1, -0.05) is 17.7 Å². The van der Waals surface area contributed by atoms with Crippen molar-refractivity contribution in [3.63, 3.8) is 0 Å². The van der Waals surface area contributed by atoms with Crippen molar-refractivity contribution in [3.05, 3.63) is 28.8 Å². The highest BCUT2D eigenvalue weighted by Gasteiger charge is 2.12. The lowest BCUT2D eigenvalue weighted by atomic mass is 10.1. The number of anilines is 1. The van der Waals surface area contributed by atoms with Crippen LogP contribution in [-0.4, -0.2) is 17.3 Å². The van der Waals surface area contributed by atoms with Crippen molar-refractivity contribution < 1.29 is 5.11 Å². The molecule has 0 amide bonds. The third-order valence-corrected chi connectivity index (χ3v) is 2.39. The number of hydrogen-bond donors (Lipinski definition) is 2.